The van der Waals surface area contributed by atoms with Crippen molar-refractivity contribution in [2.24, 2.45) is 0 Å². The third kappa shape index (κ3) is 5.31. The Labute approximate surface area is 206 Å². The van der Waals surface area contributed by atoms with Gasteiger partial charge in [-0.15, -0.1) is 0 Å². The third-order valence-electron chi connectivity index (χ3n) is 6.09. The molecule has 0 N–H and O–H groups in total. The van der Waals surface area contributed by atoms with Crippen LogP contribution < -0.4 is 21.2 Å². The van der Waals surface area contributed by atoms with Gasteiger partial charge in [0.1, 0.15) is 0 Å². The summed E-state index contributed by atoms with van der Waals surface area (Å²) in [7, 11) is 0.695. The summed E-state index contributed by atoms with van der Waals surface area (Å²) in [5.74, 6) is 0. The first-order valence-corrected chi connectivity index (χ1v) is 14.4. The Kier molecular flexibility index (Phi) is 7.81. The minimum Gasteiger partial charge on any atom is -0.304 e. The van der Waals surface area contributed by atoms with Crippen LogP contribution in [-0.2, 0) is 0 Å². The maximum atomic E-state index is 2.78. The minimum atomic E-state index is -0.768. The number of piperazine rings is 1. The Morgan fingerprint density at radius 1 is 0.471 bits per heavy atom. The second-order valence-electron chi connectivity index (χ2n) is 8.49. The Hall–Kier alpha value is -2.38. The molecule has 0 unspecified atom stereocenters. The Morgan fingerprint density at radius 2 is 0.765 bits per heavy atom. The summed E-state index contributed by atoms with van der Waals surface area (Å²) >= 11 is 0. The van der Waals surface area contributed by atoms with Gasteiger partial charge in [0.15, 0.2) is 0 Å². The lowest BCUT2D eigenvalue weighted by Crippen LogP contribution is -2.52. The number of hydrogen-bond donors (Lipinski definition) is 0. The molecule has 0 bridgehead atoms. The van der Waals surface area contributed by atoms with Gasteiger partial charge in [0, 0.05) is 42.3 Å². The summed E-state index contributed by atoms with van der Waals surface area (Å²) in [5, 5.41) is 8.21. The lowest BCUT2D eigenvalue weighted by atomic mass is 10.4. The molecule has 3 nitrogen and oxygen atoms in total. The van der Waals surface area contributed by atoms with Gasteiger partial charge >= 0.3 is 0 Å². The van der Waals surface area contributed by atoms with E-state index in [-0.39, 0.29) is 0 Å². The molecule has 0 spiro atoms. The first kappa shape index (κ1) is 23.4. The highest BCUT2D eigenvalue weighted by Gasteiger charge is 2.36. The van der Waals surface area contributed by atoms with E-state index in [1.165, 1.54) is 21.2 Å². The summed E-state index contributed by atoms with van der Waals surface area (Å²) in [6, 6.07) is 44.5. The fourth-order valence-electron chi connectivity index (χ4n) is 4.31. The van der Waals surface area contributed by atoms with Crippen LogP contribution in [0.4, 0.5) is 0 Å². The van der Waals surface area contributed by atoms with Crippen LogP contribution in [0.1, 0.15) is 0 Å². The molecular weight excluding hydrogens is 452 g/mol. The van der Waals surface area contributed by atoms with Gasteiger partial charge in [0.05, 0.1) is 0 Å². The van der Waals surface area contributed by atoms with Crippen LogP contribution in [-0.4, -0.2) is 47.7 Å². The van der Waals surface area contributed by atoms with E-state index in [4.69, 9.17) is 0 Å². The molecule has 5 heteroatoms. The zero-order valence-corrected chi connectivity index (χ0v) is 21.4. The Bertz CT molecular complexity index is 973. The summed E-state index contributed by atoms with van der Waals surface area (Å²) in [4.78, 5) is 2.44. The van der Waals surface area contributed by atoms with E-state index in [9.17, 15) is 0 Å². The van der Waals surface area contributed by atoms with Crippen LogP contribution in [0, 0.1) is 0 Å². The van der Waals surface area contributed by atoms with Crippen molar-refractivity contribution in [2.75, 3.05) is 33.2 Å². The molecule has 0 saturated carbocycles. The lowest BCUT2D eigenvalue weighted by Gasteiger charge is -2.48. The topological polar surface area (TPSA) is 9.72 Å². The molecule has 0 amide bonds. The zero-order valence-electron chi connectivity index (χ0n) is 19.6. The van der Waals surface area contributed by atoms with Gasteiger partial charge in [-0.2, -0.15) is 4.55 Å². The van der Waals surface area contributed by atoms with E-state index in [1.54, 1.807) is 0 Å². The molecule has 1 aliphatic rings. The van der Waals surface area contributed by atoms with Crippen molar-refractivity contribution >= 4 is 37.4 Å². The molecule has 1 fully saturated rings. The molecular formula is C29H31N3P2. The van der Waals surface area contributed by atoms with Gasteiger partial charge in [0.25, 0.3) is 0 Å². The highest BCUT2D eigenvalue weighted by atomic mass is 31.2. The molecule has 172 valence electrons. The number of hydrogen-bond acceptors (Lipinski definition) is 3. The minimum absolute atomic E-state index is 0.768. The fraction of sp³-hybridized carbons (Fsp3) is 0.172. The molecule has 4 aromatic rings. The van der Waals surface area contributed by atoms with E-state index in [0.717, 1.165) is 26.2 Å². The van der Waals surface area contributed by atoms with E-state index in [1.807, 2.05) is 0 Å². The summed E-state index contributed by atoms with van der Waals surface area (Å²) < 4.78 is 2.78. The van der Waals surface area contributed by atoms with Crippen LogP contribution in [0.5, 0.6) is 0 Å². The Morgan fingerprint density at radius 3 is 1.06 bits per heavy atom. The molecule has 0 aliphatic carbocycles. The molecule has 0 radical (unpaired) electrons. The molecule has 1 saturated heterocycles. The van der Waals surface area contributed by atoms with Gasteiger partial charge < -0.3 is 4.90 Å². The van der Waals surface area contributed by atoms with Crippen molar-refractivity contribution in [1.29, 1.82) is 0 Å². The standard InChI is InChI=1S/C29H31N3P2/c1-30-22-24-31(25-23-30)32(33(26-14-6-2-7-15-26)27-16-8-3-9-17-27)34(28-18-10-4-11-19-28)29-20-12-5-13-21-29/h2-21H,22-25H2,1H3. The molecule has 34 heavy (non-hydrogen) atoms. The Balaban J connectivity index is 1.71. The highest BCUT2D eigenvalue weighted by Crippen LogP contribution is 2.55. The maximum Gasteiger partial charge on any atom is 0.0489 e. The second-order valence-corrected chi connectivity index (χ2v) is 12.9. The first-order valence-electron chi connectivity index (χ1n) is 11.8. The number of nitrogens with zero attached hydrogens (tertiary/aromatic N) is 3. The van der Waals surface area contributed by atoms with Crippen LogP contribution in [0.25, 0.3) is 0 Å². The largest absolute Gasteiger partial charge is 0.304 e. The van der Waals surface area contributed by atoms with Gasteiger partial charge in [-0.25, -0.2) is 5.01 Å². The van der Waals surface area contributed by atoms with Gasteiger partial charge in [-0.05, 0) is 28.3 Å². The normalized spacial score (nSPS) is 15.3. The quantitative estimate of drug-likeness (QED) is 0.357. The molecule has 5 rings (SSSR count). The van der Waals surface area contributed by atoms with Crippen LogP contribution in [0.3, 0.4) is 0 Å². The second kappa shape index (κ2) is 11.4. The van der Waals surface area contributed by atoms with Crippen LogP contribution in [0.15, 0.2) is 121 Å². The summed E-state index contributed by atoms with van der Waals surface area (Å²) in [6.45, 7) is 4.23. The number of hydrazine groups is 1. The van der Waals surface area contributed by atoms with Crippen molar-refractivity contribution in [3.05, 3.63) is 121 Å². The van der Waals surface area contributed by atoms with Crippen LogP contribution >= 0.6 is 16.1 Å². The van der Waals surface area contributed by atoms with E-state index in [2.05, 4.69) is 143 Å². The summed E-state index contributed by atoms with van der Waals surface area (Å²) in [6.07, 6.45) is 0. The zero-order chi connectivity index (χ0) is 23.2. The average molecular weight is 484 g/mol. The molecule has 1 aliphatic heterocycles. The van der Waals surface area contributed by atoms with Gasteiger partial charge in [0.2, 0.25) is 0 Å². The van der Waals surface area contributed by atoms with Crippen molar-refractivity contribution in [2.45, 2.75) is 0 Å². The fourth-order valence-corrected chi connectivity index (χ4v) is 10.4. The summed E-state index contributed by atoms with van der Waals surface area (Å²) in [5.41, 5.74) is 0. The SMILES string of the molecule is CN1CCN(N(P(c2ccccc2)c2ccccc2)P(c2ccccc2)c2ccccc2)CC1. The van der Waals surface area contributed by atoms with Crippen molar-refractivity contribution in [1.82, 2.24) is 14.5 Å². The van der Waals surface area contributed by atoms with Crippen molar-refractivity contribution < 1.29 is 0 Å². The molecule has 1 heterocycles. The maximum absolute atomic E-state index is 2.78. The van der Waals surface area contributed by atoms with Gasteiger partial charge in [-0.3, -0.25) is 0 Å². The molecule has 4 aromatic carbocycles. The van der Waals surface area contributed by atoms with Crippen molar-refractivity contribution in [3.8, 4) is 0 Å². The molecule has 0 atom stereocenters. The monoisotopic (exact) mass is 483 g/mol. The highest BCUT2D eigenvalue weighted by molar-refractivity contribution is 7.84. The van der Waals surface area contributed by atoms with E-state index in [0.29, 0.717) is 0 Å². The number of benzene rings is 4. The lowest BCUT2D eigenvalue weighted by molar-refractivity contribution is 0.0773. The smallest absolute Gasteiger partial charge is 0.0489 e. The average Bonchev–Trinajstić information content (AvgIpc) is 2.91. The van der Waals surface area contributed by atoms with E-state index < -0.39 is 16.1 Å². The van der Waals surface area contributed by atoms with E-state index >= 15 is 0 Å². The predicted molar refractivity (Wildman–Crippen MR) is 149 cm³/mol. The molecule has 0 aromatic heterocycles. The first-order chi connectivity index (χ1) is 16.8. The van der Waals surface area contributed by atoms with Crippen molar-refractivity contribution in [3.63, 3.8) is 0 Å². The number of likely N-dealkylation sites (N-methyl/N-ethyl adjacent to an activating group) is 1. The predicted octanol–water partition coefficient (Wildman–Crippen LogP) is 4.55. The third-order valence-corrected chi connectivity index (χ3v) is 11.5. The van der Waals surface area contributed by atoms with Gasteiger partial charge in [-0.1, -0.05) is 121 Å². The van der Waals surface area contributed by atoms with Crippen LogP contribution in [0.2, 0.25) is 0 Å². The number of rotatable bonds is 7.